The monoisotopic (exact) mass is 591 g/mol. The van der Waals surface area contributed by atoms with Gasteiger partial charge in [0.05, 0.1) is 17.2 Å². The number of rotatable bonds is 7. The number of alkyl halides is 4. The minimum atomic E-state index is -2.28. The van der Waals surface area contributed by atoms with E-state index in [1.165, 1.54) is 31.2 Å². The van der Waals surface area contributed by atoms with Crippen LogP contribution in [0.3, 0.4) is 0 Å². The van der Waals surface area contributed by atoms with E-state index >= 15 is 0 Å². The summed E-state index contributed by atoms with van der Waals surface area (Å²) < 4.78 is 25.6. The molecule has 1 heterocycles. The zero-order valence-corrected chi connectivity index (χ0v) is 22.2. The normalized spacial score (nSPS) is 23.4. The molecule has 198 valence electrons. The Morgan fingerprint density at radius 2 is 1.30 bits per heavy atom. The lowest BCUT2D eigenvalue weighted by molar-refractivity contribution is -0.275. The van der Waals surface area contributed by atoms with Crippen LogP contribution in [0.2, 0.25) is 0 Å². The van der Waals surface area contributed by atoms with E-state index in [1.807, 2.05) is 0 Å². The van der Waals surface area contributed by atoms with Crippen LogP contribution in [0.5, 0.6) is 0 Å². The summed E-state index contributed by atoms with van der Waals surface area (Å²) in [6, 6.07) is 15.9. The van der Waals surface area contributed by atoms with E-state index in [4.69, 9.17) is 75.5 Å². The van der Waals surface area contributed by atoms with Gasteiger partial charge in [0.1, 0.15) is 5.88 Å². The third-order valence-corrected chi connectivity index (χ3v) is 5.83. The van der Waals surface area contributed by atoms with Gasteiger partial charge in [0, 0.05) is 0 Å². The van der Waals surface area contributed by atoms with Crippen LogP contribution in [0.15, 0.2) is 60.7 Å². The maximum atomic E-state index is 12.9. The molecule has 0 amide bonds. The number of hydrogen-bond donors (Lipinski definition) is 1. The lowest BCUT2D eigenvalue weighted by Crippen LogP contribution is -2.62. The molecule has 2 aromatic carbocycles. The largest absolute Gasteiger partial charge is 0.453 e. The molecule has 0 aromatic heterocycles. The lowest BCUT2D eigenvalue weighted by Gasteiger charge is -2.43. The van der Waals surface area contributed by atoms with Crippen LogP contribution >= 0.6 is 46.4 Å². The second-order valence-electron chi connectivity index (χ2n) is 7.71. The van der Waals surface area contributed by atoms with Gasteiger partial charge < -0.3 is 23.7 Å². The van der Waals surface area contributed by atoms with Gasteiger partial charge in [-0.05, 0) is 31.2 Å². The van der Waals surface area contributed by atoms with Gasteiger partial charge in [0.2, 0.25) is 18.3 Å². The van der Waals surface area contributed by atoms with Crippen LogP contribution in [-0.4, -0.2) is 64.2 Å². The molecule has 37 heavy (non-hydrogen) atoms. The van der Waals surface area contributed by atoms with E-state index < -0.39 is 64.2 Å². The van der Waals surface area contributed by atoms with Gasteiger partial charge in [-0.3, -0.25) is 10.2 Å². The molecule has 5 atom stereocenters. The average molecular weight is 593 g/mol. The van der Waals surface area contributed by atoms with Crippen molar-refractivity contribution in [1.82, 2.24) is 0 Å². The fourth-order valence-corrected chi connectivity index (χ4v) is 3.58. The predicted octanol–water partition coefficient (Wildman–Crippen LogP) is 4.70. The van der Waals surface area contributed by atoms with Crippen molar-refractivity contribution in [2.75, 3.05) is 5.88 Å². The summed E-state index contributed by atoms with van der Waals surface area (Å²) in [5.41, 5.74) is 0.364. The third kappa shape index (κ3) is 7.72. The van der Waals surface area contributed by atoms with Crippen molar-refractivity contribution in [3.8, 4) is 0 Å². The molecule has 0 bridgehead atoms. The standard InChI is InChI=1S/C24H21Cl4NO8/c1-13-17(35-20(31)14-8-4-2-5-9-14)18(34-16(30)12-25)19(22(33-13)37-23(29)24(26,27)28)36-21(32)15-10-6-3-7-11-15/h2-11,13,17-19,22,29H,12H2,1H3/t13-,17-,18+,19+,22-/m0/s1. The van der Waals surface area contributed by atoms with Crippen LogP contribution in [-0.2, 0) is 28.5 Å². The fourth-order valence-electron chi connectivity index (χ4n) is 3.39. The van der Waals surface area contributed by atoms with Gasteiger partial charge in [0.25, 0.3) is 3.79 Å². The topological polar surface area (TPSA) is 121 Å². The van der Waals surface area contributed by atoms with Crippen molar-refractivity contribution in [2.45, 2.75) is 41.4 Å². The summed E-state index contributed by atoms with van der Waals surface area (Å²) in [5, 5.41) is 7.95. The first-order chi connectivity index (χ1) is 17.5. The molecule has 1 aliphatic heterocycles. The van der Waals surface area contributed by atoms with E-state index in [0.29, 0.717) is 0 Å². The summed E-state index contributed by atoms with van der Waals surface area (Å²) in [6.07, 6.45) is -6.91. The maximum Gasteiger partial charge on any atom is 0.338 e. The quantitative estimate of drug-likeness (QED) is 0.161. The first kappa shape index (κ1) is 29.0. The highest BCUT2D eigenvalue weighted by Crippen LogP contribution is 2.34. The van der Waals surface area contributed by atoms with Crippen molar-refractivity contribution in [3.63, 3.8) is 0 Å². The SMILES string of the molecule is C[C@@H]1O[C@@H](OC(=N)C(Cl)(Cl)Cl)[C@H](OC(=O)c2ccccc2)[C@H](OC(=O)CCl)[C@H]1OC(=O)c1ccccc1. The maximum absolute atomic E-state index is 12.9. The summed E-state index contributed by atoms with van der Waals surface area (Å²) in [6.45, 7) is 1.50. The smallest absolute Gasteiger partial charge is 0.338 e. The Morgan fingerprint density at radius 3 is 1.76 bits per heavy atom. The number of halogens is 4. The average Bonchev–Trinajstić information content (AvgIpc) is 2.88. The molecule has 0 unspecified atom stereocenters. The highest BCUT2D eigenvalue weighted by Gasteiger charge is 2.53. The van der Waals surface area contributed by atoms with Crippen LogP contribution in [0, 0.1) is 5.41 Å². The van der Waals surface area contributed by atoms with E-state index in [0.717, 1.165) is 0 Å². The van der Waals surface area contributed by atoms with Gasteiger partial charge in [-0.2, -0.15) is 0 Å². The second-order valence-corrected chi connectivity index (χ2v) is 10.3. The molecule has 0 spiro atoms. The Hall–Kier alpha value is -2.56. The second kappa shape index (κ2) is 12.8. The van der Waals surface area contributed by atoms with E-state index in [9.17, 15) is 14.4 Å². The zero-order valence-electron chi connectivity index (χ0n) is 19.1. The molecule has 13 heteroatoms. The van der Waals surface area contributed by atoms with Crippen molar-refractivity contribution >= 4 is 70.2 Å². The fraction of sp³-hybridized carbons (Fsp3) is 0.333. The van der Waals surface area contributed by atoms with E-state index in [2.05, 4.69) is 0 Å². The summed E-state index contributed by atoms with van der Waals surface area (Å²) in [5.74, 6) is -3.91. The summed E-state index contributed by atoms with van der Waals surface area (Å²) in [4.78, 5) is 38.0. The van der Waals surface area contributed by atoms with E-state index in [1.54, 1.807) is 36.4 Å². The number of ether oxygens (including phenoxy) is 5. The molecule has 1 aliphatic rings. The van der Waals surface area contributed by atoms with Gasteiger partial charge >= 0.3 is 17.9 Å². The Bertz CT molecular complexity index is 1110. The van der Waals surface area contributed by atoms with Crippen molar-refractivity contribution < 1.29 is 38.1 Å². The Morgan fingerprint density at radius 1 is 0.811 bits per heavy atom. The number of esters is 3. The molecular formula is C24H21Cl4NO8. The van der Waals surface area contributed by atoms with Crippen LogP contribution < -0.4 is 0 Å². The molecule has 9 nitrogen and oxygen atoms in total. The Labute approximate surface area is 232 Å². The minimum absolute atomic E-state index is 0.150. The molecule has 0 saturated carbocycles. The van der Waals surface area contributed by atoms with E-state index in [-0.39, 0.29) is 11.1 Å². The molecule has 0 radical (unpaired) electrons. The predicted molar refractivity (Wildman–Crippen MR) is 135 cm³/mol. The van der Waals surface area contributed by atoms with Gasteiger partial charge in [-0.25, -0.2) is 9.59 Å². The first-order valence-electron chi connectivity index (χ1n) is 10.8. The minimum Gasteiger partial charge on any atom is -0.453 e. The van der Waals surface area contributed by atoms with Crippen LogP contribution in [0.1, 0.15) is 27.6 Å². The molecular weight excluding hydrogens is 572 g/mol. The van der Waals surface area contributed by atoms with Gasteiger partial charge in [0.15, 0.2) is 12.2 Å². The highest BCUT2D eigenvalue weighted by atomic mass is 35.6. The van der Waals surface area contributed by atoms with Gasteiger partial charge in [-0.15, -0.1) is 11.6 Å². The summed E-state index contributed by atoms with van der Waals surface area (Å²) >= 11 is 22.9. The number of hydrogen-bond acceptors (Lipinski definition) is 9. The van der Waals surface area contributed by atoms with Crippen LogP contribution in [0.4, 0.5) is 0 Å². The molecule has 3 rings (SSSR count). The Kier molecular flexibility index (Phi) is 10.0. The van der Waals surface area contributed by atoms with Crippen molar-refractivity contribution in [3.05, 3.63) is 71.8 Å². The van der Waals surface area contributed by atoms with Crippen molar-refractivity contribution in [1.29, 1.82) is 5.41 Å². The Balaban J connectivity index is 1.98. The molecule has 1 fully saturated rings. The summed E-state index contributed by atoms with van der Waals surface area (Å²) in [7, 11) is 0. The number of benzene rings is 2. The van der Waals surface area contributed by atoms with Crippen molar-refractivity contribution in [2.24, 2.45) is 0 Å². The third-order valence-electron chi connectivity index (χ3n) is 5.10. The van der Waals surface area contributed by atoms with Gasteiger partial charge in [-0.1, -0.05) is 71.2 Å². The number of carbonyl (C=O) groups is 3. The molecule has 2 aromatic rings. The highest BCUT2D eigenvalue weighted by molar-refractivity contribution is 6.76. The lowest BCUT2D eigenvalue weighted by atomic mass is 9.98. The first-order valence-corrected chi connectivity index (χ1v) is 12.4. The number of carbonyl (C=O) groups excluding carboxylic acids is 3. The molecule has 1 N–H and O–H groups in total. The van der Waals surface area contributed by atoms with Crippen LogP contribution in [0.25, 0.3) is 0 Å². The molecule has 1 saturated heterocycles. The number of nitrogens with one attached hydrogen (secondary N) is 1. The molecule has 0 aliphatic carbocycles. The zero-order chi connectivity index (χ0) is 27.2.